The van der Waals surface area contributed by atoms with E-state index in [1.54, 1.807) is 18.2 Å². The first kappa shape index (κ1) is 14.3. The van der Waals surface area contributed by atoms with Crippen molar-refractivity contribution in [3.63, 3.8) is 0 Å². The van der Waals surface area contributed by atoms with E-state index in [1.807, 2.05) is 13.8 Å². The van der Waals surface area contributed by atoms with E-state index in [-0.39, 0.29) is 23.9 Å². The van der Waals surface area contributed by atoms with Gasteiger partial charge in [0.1, 0.15) is 17.4 Å². The van der Waals surface area contributed by atoms with E-state index < -0.39 is 5.97 Å². The van der Waals surface area contributed by atoms with Crippen LogP contribution in [0.2, 0.25) is 0 Å². The Morgan fingerprint density at radius 2 is 2.00 bits per heavy atom. The van der Waals surface area contributed by atoms with Crippen LogP contribution < -0.4 is 4.74 Å². The predicted molar refractivity (Wildman–Crippen MR) is 74.8 cm³/mol. The van der Waals surface area contributed by atoms with E-state index >= 15 is 0 Å². The molecular weight excluding hydrogens is 312 g/mol. The summed E-state index contributed by atoms with van der Waals surface area (Å²) in [6.07, 6.45) is 1.83. The minimum Gasteiger partial charge on any atom is -0.489 e. The van der Waals surface area contributed by atoms with E-state index in [0.717, 1.165) is 17.3 Å². The Balaban J connectivity index is 2.16. The molecule has 4 nitrogen and oxygen atoms in total. The fourth-order valence-corrected chi connectivity index (χ4v) is 2.75. The van der Waals surface area contributed by atoms with Gasteiger partial charge in [0.25, 0.3) is 0 Å². The summed E-state index contributed by atoms with van der Waals surface area (Å²) in [5.41, 5.74) is 0.182. The van der Waals surface area contributed by atoms with E-state index in [9.17, 15) is 9.90 Å². The molecule has 1 aromatic carbocycles. The Kier molecular flexibility index (Phi) is 4.47. The molecule has 2 unspecified atom stereocenters. The third kappa shape index (κ3) is 3.70. The number of hydrogen-bond acceptors (Lipinski definition) is 3. The molecular formula is C14H17BrO4. The lowest BCUT2D eigenvalue weighted by atomic mass is 10.0. The lowest BCUT2D eigenvalue weighted by Crippen LogP contribution is -2.36. The number of aromatic carboxylic acids is 1. The Hall–Kier alpha value is -1.07. The Morgan fingerprint density at radius 3 is 2.58 bits per heavy atom. The molecule has 1 N–H and O–H groups in total. The summed E-state index contributed by atoms with van der Waals surface area (Å²) in [5.74, 6) is -0.563. The molecule has 0 radical (unpaired) electrons. The summed E-state index contributed by atoms with van der Waals surface area (Å²) in [4.78, 5) is 11.2. The molecule has 104 valence electrons. The molecule has 19 heavy (non-hydrogen) atoms. The number of carboxylic acid groups (broad SMARTS) is 1. The highest BCUT2D eigenvalue weighted by molar-refractivity contribution is 9.10. The molecule has 0 bridgehead atoms. The number of benzene rings is 1. The van der Waals surface area contributed by atoms with Crippen molar-refractivity contribution in [1.82, 2.24) is 0 Å². The van der Waals surface area contributed by atoms with Gasteiger partial charge < -0.3 is 14.6 Å². The summed E-state index contributed by atoms with van der Waals surface area (Å²) in [6, 6.07) is 5.04. The Bertz CT molecular complexity index is 465. The van der Waals surface area contributed by atoms with Crippen LogP contribution in [0.3, 0.4) is 0 Å². The molecule has 1 fully saturated rings. The van der Waals surface area contributed by atoms with Gasteiger partial charge >= 0.3 is 5.97 Å². The smallest absolute Gasteiger partial charge is 0.339 e. The molecule has 5 heteroatoms. The second-order valence-electron chi connectivity index (χ2n) is 4.91. The topological polar surface area (TPSA) is 55.8 Å². The highest BCUT2D eigenvalue weighted by Crippen LogP contribution is 2.28. The minimum absolute atomic E-state index is 0.00183. The zero-order valence-electron chi connectivity index (χ0n) is 10.9. The first-order valence-corrected chi connectivity index (χ1v) is 7.10. The van der Waals surface area contributed by atoms with E-state index in [4.69, 9.17) is 9.47 Å². The summed E-state index contributed by atoms with van der Waals surface area (Å²) in [6.45, 7) is 4.01. The van der Waals surface area contributed by atoms with Crippen LogP contribution in [-0.4, -0.2) is 29.4 Å². The molecule has 0 spiro atoms. The van der Waals surface area contributed by atoms with Crippen LogP contribution >= 0.6 is 15.9 Å². The van der Waals surface area contributed by atoms with Crippen LogP contribution in [0.1, 0.15) is 37.0 Å². The standard InChI is InChI=1S/C14H17BrO4/c1-8-5-11(6-9(2)18-8)19-13-4-3-10(15)7-12(13)14(16)17/h3-4,7-9,11H,5-6H2,1-2H3,(H,16,17). The average molecular weight is 329 g/mol. The molecule has 1 aliphatic rings. The lowest BCUT2D eigenvalue weighted by Gasteiger charge is -2.32. The molecule has 1 aliphatic heterocycles. The maximum atomic E-state index is 11.2. The number of carboxylic acids is 1. The summed E-state index contributed by atoms with van der Waals surface area (Å²) in [7, 11) is 0. The van der Waals surface area contributed by atoms with Crippen molar-refractivity contribution in [3.05, 3.63) is 28.2 Å². The van der Waals surface area contributed by atoms with Crippen LogP contribution in [0, 0.1) is 0 Å². The first-order valence-electron chi connectivity index (χ1n) is 6.30. The molecule has 1 heterocycles. The molecule has 1 saturated heterocycles. The molecule has 0 amide bonds. The van der Waals surface area contributed by atoms with Crippen LogP contribution in [-0.2, 0) is 4.74 Å². The van der Waals surface area contributed by atoms with Crippen molar-refractivity contribution in [1.29, 1.82) is 0 Å². The van der Waals surface area contributed by atoms with Gasteiger partial charge in [-0.15, -0.1) is 0 Å². The van der Waals surface area contributed by atoms with Gasteiger partial charge in [-0.25, -0.2) is 4.79 Å². The highest BCUT2D eigenvalue weighted by atomic mass is 79.9. The zero-order valence-corrected chi connectivity index (χ0v) is 12.5. The van der Waals surface area contributed by atoms with Gasteiger partial charge in [-0.3, -0.25) is 0 Å². The first-order chi connectivity index (χ1) is 8.95. The quantitative estimate of drug-likeness (QED) is 0.922. The van der Waals surface area contributed by atoms with Gasteiger partial charge in [-0.1, -0.05) is 15.9 Å². The second-order valence-corrected chi connectivity index (χ2v) is 5.83. The van der Waals surface area contributed by atoms with E-state index in [1.165, 1.54) is 0 Å². The van der Waals surface area contributed by atoms with Gasteiger partial charge in [0.05, 0.1) is 12.2 Å². The number of carbonyl (C=O) groups is 1. The fraction of sp³-hybridized carbons (Fsp3) is 0.500. The summed E-state index contributed by atoms with van der Waals surface area (Å²) in [5, 5.41) is 9.20. The zero-order chi connectivity index (χ0) is 14.0. The van der Waals surface area contributed by atoms with Crippen molar-refractivity contribution < 1.29 is 19.4 Å². The van der Waals surface area contributed by atoms with Crippen molar-refractivity contribution in [3.8, 4) is 5.75 Å². The molecule has 1 aromatic rings. The predicted octanol–water partition coefficient (Wildman–Crippen LogP) is 3.48. The molecule has 0 aromatic heterocycles. The second kappa shape index (κ2) is 5.92. The average Bonchev–Trinajstić information content (AvgIpc) is 2.30. The Labute approximate surface area is 120 Å². The number of hydrogen-bond donors (Lipinski definition) is 1. The van der Waals surface area contributed by atoms with Gasteiger partial charge in [0.2, 0.25) is 0 Å². The van der Waals surface area contributed by atoms with Crippen LogP contribution in [0.25, 0.3) is 0 Å². The summed E-state index contributed by atoms with van der Waals surface area (Å²) >= 11 is 3.27. The van der Waals surface area contributed by atoms with Gasteiger partial charge in [0, 0.05) is 17.3 Å². The van der Waals surface area contributed by atoms with Crippen molar-refractivity contribution in [2.45, 2.75) is 45.0 Å². The van der Waals surface area contributed by atoms with Gasteiger partial charge in [-0.05, 0) is 32.0 Å². The van der Waals surface area contributed by atoms with E-state index in [2.05, 4.69) is 15.9 Å². The molecule has 0 saturated carbocycles. The third-order valence-electron chi connectivity index (χ3n) is 3.12. The molecule has 0 aliphatic carbocycles. The van der Waals surface area contributed by atoms with Gasteiger partial charge in [-0.2, -0.15) is 0 Å². The Morgan fingerprint density at radius 1 is 1.37 bits per heavy atom. The maximum Gasteiger partial charge on any atom is 0.339 e. The third-order valence-corrected chi connectivity index (χ3v) is 3.61. The van der Waals surface area contributed by atoms with Crippen molar-refractivity contribution in [2.24, 2.45) is 0 Å². The minimum atomic E-state index is -0.982. The van der Waals surface area contributed by atoms with Crippen LogP contribution in [0.4, 0.5) is 0 Å². The van der Waals surface area contributed by atoms with Gasteiger partial charge in [0.15, 0.2) is 0 Å². The molecule has 2 rings (SSSR count). The number of ether oxygens (including phenoxy) is 2. The normalized spacial score (nSPS) is 27.0. The SMILES string of the molecule is CC1CC(Oc2ccc(Br)cc2C(=O)O)CC(C)O1. The number of halogens is 1. The fourth-order valence-electron chi connectivity index (χ4n) is 2.39. The highest BCUT2D eigenvalue weighted by Gasteiger charge is 2.27. The van der Waals surface area contributed by atoms with Crippen molar-refractivity contribution in [2.75, 3.05) is 0 Å². The monoisotopic (exact) mass is 328 g/mol. The van der Waals surface area contributed by atoms with Crippen LogP contribution in [0.15, 0.2) is 22.7 Å². The lowest BCUT2D eigenvalue weighted by molar-refractivity contribution is -0.0722. The maximum absolute atomic E-state index is 11.2. The van der Waals surface area contributed by atoms with Crippen molar-refractivity contribution >= 4 is 21.9 Å². The summed E-state index contributed by atoms with van der Waals surface area (Å²) < 4.78 is 12.2. The van der Waals surface area contributed by atoms with Crippen LogP contribution in [0.5, 0.6) is 5.75 Å². The molecule has 2 atom stereocenters. The largest absolute Gasteiger partial charge is 0.489 e. The number of rotatable bonds is 3. The van der Waals surface area contributed by atoms with E-state index in [0.29, 0.717) is 5.75 Å².